The highest BCUT2D eigenvalue weighted by Gasteiger charge is 2.21. The molecule has 0 bridgehead atoms. The van der Waals surface area contributed by atoms with Crippen molar-refractivity contribution in [3.05, 3.63) is 29.8 Å². The summed E-state index contributed by atoms with van der Waals surface area (Å²) in [5, 5.41) is 3.31. The summed E-state index contributed by atoms with van der Waals surface area (Å²) in [6, 6.07) is 7.46. The van der Waals surface area contributed by atoms with Gasteiger partial charge in [-0.3, -0.25) is 9.59 Å². The molecule has 1 aromatic carbocycles. The summed E-state index contributed by atoms with van der Waals surface area (Å²) in [5.41, 5.74) is 0.677. The predicted molar refractivity (Wildman–Crippen MR) is 97.1 cm³/mol. The van der Waals surface area contributed by atoms with Crippen LogP contribution in [0.4, 0.5) is 0 Å². The first kappa shape index (κ1) is 20.5. The number of ketones is 1. The average Bonchev–Trinajstić information content (AvgIpc) is 2.59. The molecular formula is C18H27ClN2O3. The van der Waals surface area contributed by atoms with Gasteiger partial charge in [-0.25, -0.2) is 0 Å². The van der Waals surface area contributed by atoms with Gasteiger partial charge in [-0.15, -0.1) is 12.4 Å². The summed E-state index contributed by atoms with van der Waals surface area (Å²) in [6.07, 6.45) is 3.26. The lowest BCUT2D eigenvalue weighted by Crippen LogP contribution is -2.43. The molecule has 1 heterocycles. The maximum Gasteiger partial charge on any atom is 0.222 e. The fraction of sp³-hybridized carbons (Fsp3) is 0.556. The van der Waals surface area contributed by atoms with Crippen LogP contribution < -0.4 is 10.1 Å². The van der Waals surface area contributed by atoms with E-state index in [1.807, 2.05) is 11.9 Å². The van der Waals surface area contributed by atoms with Crippen molar-refractivity contribution in [2.24, 2.45) is 0 Å². The standard InChI is InChI=1S/C18H26N2O3.ClH/c1-14(21)15-5-7-17(8-6-15)23-13-3-4-18(22)20(2)16-9-11-19-12-10-16;/h5-8,16,19H,3-4,9-13H2,1-2H3;1H. The van der Waals surface area contributed by atoms with Crippen molar-refractivity contribution in [3.63, 3.8) is 0 Å². The van der Waals surface area contributed by atoms with E-state index in [0.717, 1.165) is 31.7 Å². The lowest BCUT2D eigenvalue weighted by Gasteiger charge is -2.31. The van der Waals surface area contributed by atoms with Crippen LogP contribution in [0, 0.1) is 0 Å². The SMILES string of the molecule is CC(=O)c1ccc(OCCCC(=O)N(C)C2CCNCC2)cc1.Cl. The van der Waals surface area contributed by atoms with Crippen LogP contribution >= 0.6 is 12.4 Å². The number of amides is 1. The summed E-state index contributed by atoms with van der Waals surface area (Å²) in [5.74, 6) is 0.963. The van der Waals surface area contributed by atoms with Crippen LogP contribution in [0.15, 0.2) is 24.3 Å². The number of benzene rings is 1. The second kappa shape index (κ2) is 10.3. The van der Waals surface area contributed by atoms with Gasteiger partial charge < -0.3 is 15.0 Å². The molecule has 6 heteroatoms. The number of hydrogen-bond donors (Lipinski definition) is 1. The molecule has 134 valence electrons. The zero-order valence-electron chi connectivity index (χ0n) is 14.4. The first-order chi connectivity index (χ1) is 11.1. The monoisotopic (exact) mass is 354 g/mol. The lowest BCUT2D eigenvalue weighted by atomic mass is 10.0. The molecule has 0 unspecified atom stereocenters. The van der Waals surface area contributed by atoms with Gasteiger partial charge in [-0.1, -0.05) is 0 Å². The molecule has 1 aliphatic rings. The van der Waals surface area contributed by atoms with E-state index in [0.29, 0.717) is 31.1 Å². The van der Waals surface area contributed by atoms with Crippen molar-refractivity contribution in [3.8, 4) is 5.75 Å². The van der Waals surface area contributed by atoms with Crippen LogP contribution in [0.2, 0.25) is 0 Å². The zero-order chi connectivity index (χ0) is 16.7. The summed E-state index contributed by atoms with van der Waals surface area (Å²) < 4.78 is 5.62. The van der Waals surface area contributed by atoms with E-state index in [2.05, 4.69) is 5.32 Å². The highest BCUT2D eigenvalue weighted by atomic mass is 35.5. The molecule has 2 rings (SSSR count). The molecule has 0 atom stereocenters. The molecule has 1 saturated heterocycles. The predicted octanol–water partition coefficient (Wildman–Crippen LogP) is 2.68. The zero-order valence-corrected chi connectivity index (χ0v) is 15.2. The van der Waals surface area contributed by atoms with E-state index in [1.165, 1.54) is 0 Å². The number of carbonyl (C=O) groups is 2. The highest BCUT2D eigenvalue weighted by molar-refractivity contribution is 5.94. The van der Waals surface area contributed by atoms with Crippen molar-refractivity contribution in [1.29, 1.82) is 0 Å². The molecule has 0 aromatic heterocycles. The minimum atomic E-state index is 0. The van der Waals surface area contributed by atoms with Crippen molar-refractivity contribution >= 4 is 24.1 Å². The van der Waals surface area contributed by atoms with Crippen LogP contribution in [0.5, 0.6) is 5.75 Å². The minimum absolute atomic E-state index is 0. The van der Waals surface area contributed by atoms with Gasteiger partial charge in [0.15, 0.2) is 5.78 Å². The molecular weight excluding hydrogens is 328 g/mol. The van der Waals surface area contributed by atoms with Crippen LogP contribution in [0.25, 0.3) is 0 Å². The van der Waals surface area contributed by atoms with E-state index in [-0.39, 0.29) is 24.1 Å². The van der Waals surface area contributed by atoms with Crippen LogP contribution in [0.3, 0.4) is 0 Å². The Labute approximate surface area is 150 Å². The number of piperidine rings is 1. The third kappa shape index (κ3) is 6.13. The number of nitrogens with zero attached hydrogens (tertiary/aromatic N) is 1. The molecule has 24 heavy (non-hydrogen) atoms. The van der Waals surface area contributed by atoms with Crippen molar-refractivity contribution in [2.75, 3.05) is 26.7 Å². The molecule has 1 N–H and O–H groups in total. The van der Waals surface area contributed by atoms with E-state index in [9.17, 15) is 9.59 Å². The van der Waals surface area contributed by atoms with Crippen molar-refractivity contribution in [1.82, 2.24) is 10.2 Å². The number of hydrogen-bond acceptors (Lipinski definition) is 4. The van der Waals surface area contributed by atoms with Gasteiger partial charge in [-0.2, -0.15) is 0 Å². The molecule has 1 fully saturated rings. The van der Waals surface area contributed by atoms with Gasteiger partial charge in [-0.05, 0) is 63.5 Å². The first-order valence-corrected chi connectivity index (χ1v) is 8.28. The first-order valence-electron chi connectivity index (χ1n) is 8.28. The van der Waals surface area contributed by atoms with Gasteiger partial charge in [0.25, 0.3) is 0 Å². The molecule has 0 aliphatic carbocycles. The highest BCUT2D eigenvalue weighted by Crippen LogP contribution is 2.14. The molecule has 1 amide bonds. The maximum atomic E-state index is 12.2. The number of halogens is 1. The third-order valence-electron chi connectivity index (χ3n) is 4.31. The summed E-state index contributed by atoms with van der Waals surface area (Å²) in [4.78, 5) is 25.3. The van der Waals surface area contributed by atoms with Crippen molar-refractivity contribution in [2.45, 2.75) is 38.6 Å². The largest absolute Gasteiger partial charge is 0.494 e. The van der Waals surface area contributed by atoms with Gasteiger partial charge in [0.2, 0.25) is 5.91 Å². The third-order valence-corrected chi connectivity index (χ3v) is 4.31. The summed E-state index contributed by atoms with van der Waals surface area (Å²) in [6.45, 7) is 4.02. The Morgan fingerprint density at radius 3 is 2.42 bits per heavy atom. The van der Waals surface area contributed by atoms with E-state index < -0.39 is 0 Å². The van der Waals surface area contributed by atoms with E-state index >= 15 is 0 Å². The van der Waals surface area contributed by atoms with Gasteiger partial charge in [0.1, 0.15) is 5.75 Å². The Kier molecular flexibility index (Phi) is 8.79. The molecule has 1 aliphatic heterocycles. The fourth-order valence-electron chi connectivity index (χ4n) is 2.77. The molecule has 0 spiro atoms. The minimum Gasteiger partial charge on any atom is -0.494 e. The molecule has 0 saturated carbocycles. The Morgan fingerprint density at radius 1 is 1.21 bits per heavy atom. The van der Waals surface area contributed by atoms with Crippen LogP contribution in [-0.4, -0.2) is 49.4 Å². The maximum absolute atomic E-state index is 12.2. The Bertz CT molecular complexity index is 528. The van der Waals surface area contributed by atoms with Gasteiger partial charge in [0.05, 0.1) is 6.61 Å². The topological polar surface area (TPSA) is 58.6 Å². The molecule has 0 radical (unpaired) electrons. The van der Waals surface area contributed by atoms with Crippen LogP contribution in [0.1, 0.15) is 43.0 Å². The van der Waals surface area contributed by atoms with Crippen LogP contribution in [-0.2, 0) is 4.79 Å². The second-order valence-electron chi connectivity index (χ2n) is 6.02. The summed E-state index contributed by atoms with van der Waals surface area (Å²) >= 11 is 0. The lowest BCUT2D eigenvalue weighted by molar-refractivity contribution is -0.132. The number of Topliss-reactive ketones (excluding diaryl/α,β-unsaturated/α-hetero) is 1. The molecule has 1 aromatic rings. The smallest absolute Gasteiger partial charge is 0.222 e. The number of rotatable bonds is 7. The Hall–Kier alpha value is -1.59. The fourth-order valence-corrected chi connectivity index (χ4v) is 2.77. The molecule has 5 nitrogen and oxygen atoms in total. The van der Waals surface area contributed by atoms with Gasteiger partial charge in [0, 0.05) is 25.1 Å². The Morgan fingerprint density at radius 2 is 1.83 bits per heavy atom. The van der Waals surface area contributed by atoms with E-state index in [1.54, 1.807) is 31.2 Å². The number of nitrogens with one attached hydrogen (secondary N) is 1. The van der Waals surface area contributed by atoms with Crippen molar-refractivity contribution < 1.29 is 14.3 Å². The number of ether oxygens (including phenoxy) is 1. The normalized spacial score (nSPS) is 14.6. The summed E-state index contributed by atoms with van der Waals surface area (Å²) in [7, 11) is 1.90. The van der Waals surface area contributed by atoms with E-state index in [4.69, 9.17) is 4.74 Å². The second-order valence-corrected chi connectivity index (χ2v) is 6.02. The average molecular weight is 355 g/mol. The van der Waals surface area contributed by atoms with Gasteiger partial charge >= 0.3 is 0 Å². The number of carbonyl (C=O) groups excluding carboxylic acids is 2. The Balaban J connectivity index is 0.00000288. The quantitative estimate of drug-likeness (QED) is 0.604.